The Bertz CT molecular complexity index is 3170. The van der Waals surface area contributed by atoms with Crippen LogP contribution < -0.4 is 0 Å². The smallest absolute Gasteiger partial charge is 0.161 e. The third-order valence-electron chi connectivity index (χ3n) is 11.9. The van der Waals surface area contributed by atoms with Gasteiger partial charge in [-0.2, -0.15) is 0 Å². The highest BCUT2D eigenvalue weighted by Crippen LogP contribution is 2.55. The molecule has 0 unspecified atom stereocenters. The number of benzene rings is 9. The Morgan fingerprint density at radius 2 is 0.945 bits per heavy atom. The lowest BCUT2D eigenvalue weighted by molar-refractivity contribution is 0.666. The molecule has 0 saturated heterocycles. The number of nitrogens with zero attached hydrogens (tertiary/aromatic N) is 2. The minimum Gasteiger partial charge on any atom is -0.228 e. The van der Waals surface area contributed by atoms with Gasteiger partial charge in [0.1, 0.15) is 0 Å². The molecule has 9 aromatic carbocycles. The van der Waals surface area contributed by atoms with Crippen LogP contribution in [-0.2, 0) is 5.41 Å². The van der Waals surface area contributed by atoms with Gasteiger partial charge >= 0.3 is 0 Å². The fourth-order valence-corrected chi connectivity index (χ4v) is 9.33. The normalized spacial score (nSPS) is 13.1. The van der Waals surface area contributed by atoms with E-state index in [-0.39, 0.29) is 5.41 Å². The lowest BCUT2D eigenvalue weighted by atomic mass is 9.80. The molecule has 0 radical (unpaired) electrons. The van der Waals surface area contributed by atoms with Gasteiger partial charge in [0.25, 0.3) is 0 Å². The zero-order valence-corrected chi connectivity index (χ0v) is 30.7. The first-order valence-corrected chi connectivity index (χ1v) is 19.1. The van der Waals surface area contributed by atoms with Crippen molar-refractivity contribution in [3.63, 3.8) is 0 Å². The van der Waals surface area contributed by atoms with E-state index in [1.807, 2.05) is 0 Å². The van der Waals surface area contributed by atoms with E-state index in [4.69, 9.17) is 9.97 Å². The zero-order valence-electron chi connectivity index (χ0n) is 30.7. The molecule has 2 heteroatoms. The Kier molecular flexibility index (Phi) is 6.93. The van der Waals surface area contributed by atoms with Crippen LogP contribution in [0, 0.1) is 0 Å². The first kappa shape index (κ1) is 31.6. The molecule has 0 saturated carbocycles. The summed E-state index contributed by atoms with van der Waals surface area (Å²) < 4.78 is 0. The van der Waals surface area contributed by atoms with Crippen LogP contribution in [0.15, 0.2) is 182 Å². The maximum absolute atomic E-state index is 5.43. The number of rotatable bonds is 4. The molecule has 0 atom stereocenters. The molecule has 1 aliphatic rings. The molecule has 0 bridgehead atoms. The summed E-state index contributed by atoms with van der Waals surface area (Å²) in [6.45, 7) is 4.75. The topological polar surface area (TPSA) is 25.8 Å². The van der Waals surface area contributed by atoms with E-state index >= 15 is 0 Å². The highest BCUT2D eigenvalue weighted by molar-refractivity contribution is 6.14. The number of hydrogen-bond donors (Lipinski definition) is 0. The van der Waals surface area contributed by atoms with Crippen molar-refractivity contribution in [3.05, 3.63) is 193 Å². The minimum absolute atomic E-state index is 0.133. The molecule has 2 nitrogen and oxygen atoms in total. The molecule has 1 aliphatic carbocycles. The van der Waals surface area contributed by atoms with Gasteiger partial charge in [-0.3, -0.25) is 0 Å². The third kappa shape index (κ3) is 4.81. The van der Waals surface area contributed by atoms with E-state index in [1.165, 1.54) is 71.1 Å². The van der Waals surface area contributed by atoms with Crippen LogP contribution >= 0.6 is 0 Å². The largest absolute Gasteiger partial charge is 0.228 e. The van der Waals surface area contributed by atoms with Gasteiger partial charge in [0.05, 0.1) is 11.4 Å². The van der Waals surface area contributed by atoms with Crippen molar-refractivity contribution in [3.8, 4) is 56.2 Å². The van der Waals surface area contributed by atoms with Crippen molar-refractivity contribution in [2.75, 3.05) is 0 Å². The molecule has 0 spiro atoms. The number of fused-ring (bicyclic) bond motifs is 9. The van der Waals surface area contributed by atoms with E-state index in [0.717, 1.165) is 33.5 Å². The van der Waals surface area contributed by atoms with Crippen LogP contribution in [0.3, 0.4) is 0 Å². The van der Waals surface area contributed by atoms with E-state index in [1.54, 1.807) is 0 Å². The Hall–Kier alpha value is -6.90. The molecule has 258 valence electrons. The molecule has 11 rings (SSSR count). The van der Waals surface area contributed by atoms with Gasteiger partial charge < -0.3 is 0 Å². The standard InChI is InChI=1S/C53H36N2/c1-53(2)47-26-14-25-43(50(47)45-28-27-33-15-6-9-20-37(33)51(45)53)42-29-30-44(40-23-12-11-22-39(40)42)52-54-48(34-16-4-3-5-17-34)32-49(55-52)46-31-35-18-7-8-19-36(35)38-21-10-13-24-41(38)46/h3-32H,1-2H3. The Morgan fingerprint density at radius 3 is 1.73 bits per heavy atom. The predicted octanol–water partition coefficient (Wildman–Crippen LogP) is 14.1. The first-order valence-electron chi connectivity index (χ1n) is 19.1. The average molecular weight is 701 g/mol. The molecule has 0 fully saturated rings. The van der Waals surface area contributed by atoms with Gasteiger partial charge in [-0.25, -0.2) is 9.97 Å². The molecular formula is C53H36N2. The summed E-state index contributed by atoms with van der Waals surface area (Å²) in [6, 6.07) is 65.8. The lowest BCUT2D eigenvalue weighted by Gasteiger charge is -2.23. The summed E-state index contributed by atoms with van der Waals surface area (Å²) in [5.74, 6) is 0.715. The Labute approximate surface area is 320 Å². The number of aromatic nitrogens is 2. The van der Waals surface area contributed by atoms with Crippen molar-refractivity contribution < 1.29 is 0 Å². The molecule has 0 amide bonds. The average Bonchev–Trinajstić information content (AvgIpc) is 3.49. The molecule has 1 heterocycles. The lowest BCUT2D eigenvalue weighted by Crippen LogP contribution is -2.15. The van der Waals surface area contributed by atoms with E-state index in [9.17, 15) is 0 Å². The van der Waals surface area contributed by atoms with Crippen LogP contribution in [-0.4, -0.2) is 9.97 Å². The van der Waals surface area contributed by atoms with Crippen molar-refractivity contribution in [2.45, 2.75) is 19.3 Å². The highest BCUT2D eigenvalue weighted by Gasteiger charge is 2.38. The van der Waals surface area contributed by atoms with Crippen molar-refractivity contribution in [2.24, 2.45) is 0 Å². The van der Waals surface area contributed by atoms with E-state index < -0.39 is 0 Å². The maximum Gasteiger partial charge on any atom is 0.161 e. The second-order valence-electron chi connectivity index (χ2n) is 15.3. The summed E-state index contributed by atoms with van der Waals surface area (Å²) in [5, 5.41) is 9.78. The number of hydrogen-bond acceptors (Lipinski definition) is 2. The van der Waals surface area contributed by atoms with Crippen LogP contribution in [0.25, 0.3) is 99.2 Å². The van der Waals surface area contributed by atoms with Gasteiger partial charge in [0.15, 0.2) is 5.82 Å². The summed E-state index contributed by atoms with van der Waals surface area (Å²) >= 11 is 0. The van der Waals surface area contributed by atoms with Crippen LogP contribution in [0.5, 0.6) is 0 Å². The van der Waals surface area contributed by atoms with Gasteiger partial charge in [0.2, 0.25) is 0 Å². The monoisotopic (exact) mass is 700 g/mol. The Morgan fingerprint density at radius 1 is 0.364 bits per heavy atom. The maximum atomic E-state index is 5.43. The van der Waals surface area contributed by atoms with Crippen molar-refractivity contribution >= 4 is 43.1 Å². The molecule has 1 aromatic heterocycles. The van der Waals surface area contributed by atoms with Crippen molar-refractivity contribution in [1.82, 2.24) is 9.97 Å². The molecule has 55 heavy (non-hydrogen) atoms. The SMILES string of the molecule is CC1(C)c2cccc(-c3ccc(-c4nc(-c5ccccc5)cc(-c5cc6ccccc6c6ccccc56)n4)c4ccccc34)c2-c2ccc3ccccc3c21. The van der Waals surface area contributed by atoms with Crippen LogP contribution in [0.2, 0.25) is 0 Å². The fourth-order valence-electron chi connectivity index (χ4n) is 9.33. The summed E-state index contributed by atoms with van der Waals surface area (Å²) in [6.07, 6.45) is 0. The molecular weight excluding hydrogens is 665 g/mol. The predicted molar refractivity (Wildman–Crippen MR) is 231 cm³/mol. The van der Waals surface area contributed by atoms with E-state index in [0.29, 0.717) is 5.82 Å². The second-order valence-corrected chi connectivity index (χ2v) is 15.3. The minimum atomic E-state index is -0.133. The second kappa shape index (κ2) is 12.1. The highest BCUT2D eigenvalue weighted by atomic mass is 14.9. The van der Waals surface area contributed by atoms with Gasteiger partial charge in [-0.05, 0) is 94.7 Å². The van der Waals surface area contributed by atoms with E-state index in [2.05, 4.69) is 196 Å². The molecule has 0 N–H and O–H groups in total. The van der Waals surface area contributed by atoms with Gasteiger partial charge in [0, 0.05) is 22.1 Å². The summed E-state index contributed by atoms with van der Waals surface area (Å²) in [5.41, 5.74) is 12.8. The first-order chi connectivity index (χ1) is 27.0. The Balaban J connectivity index is 1.15. The summed E-state index contributed by atoms with van der Waals surface area (Å²) in [7, 11) is 0. The van der Waals surface area contributed by atoms with Crippen molar-refractivity contribution in [1.29, 1.82) is 0 Å². The third-order valence-corrected chi connectivity index (χ3v) is 11.9. The van der Waals surface area contributed by atoms with Gasteiger partial charge in [-0.15, -0.1) is 0 Å². The van der Waals surface area contributed by atoms with Gasteiger partial charge in [-0.1, -0.05) is 178 Å². The van der Waals surface area contributed by atoms with Crippen LogP contribution in [0.4, 0.5) is 0 Å². The summed E-state index contributed by atoms with van der Waals surface area (Å²) in [4.78, 5) is 10.8. The van der Waals surface area contributed by atoms with Crippen LogP contribution in [0.1, 0.15) is 25.0 Å². The quantitative estimate of drug-likeness (QED) is 0.171. The molecule has 0 aliphatic heterocycles. The zero-order chi connectivity index (χ0) is 36.7. The fraction of sp³-hybridized carbons (Fsp3) is 0.0566. The molecule has 10 aromatic rings.